The SMILES string of the molecule is CCN(CC(C)C(=O)O)C(=O)CCn1cnc([N+](=O)[O-])c1. The lowest BCUT2D eigenvalue weighted by molar-refractivity contribution is -0.389. The fraction of sp³-hybridized carbons (Fsp3) is 0.583. The maximum Gasteiger partial charge on any atom is 0.381 e. The van der Waals surface area contributed by atoms with Gasteiger partial charge >= 0.3 is 11.8 Å². The Balaban J connectivity index is 2.53. The van der Waals surface area contributed by atoms with Gasteiger partial charge in [-0.15, -0.1) is 0 Å². The van der Waals surface area contributed by atoms with Crippen LogP contribution in [-0.2, 0) is 16.1 Å². The fourth-order valence-corrected chi connectivity index (χ4v) is 1.76. The van der Waals surface area contributed by atoms with E-state index in [1.54, 1.807) is 6.92 Å². The second-order valence-corrected chi connectivity index (χ2v) is 4.65. The highest BCUT2D eigenvalue weighted by atomic mass is 16.6. The molecule has 21 heavy (non-hydrogen) atoms. The van der Waals surface area contributed by atoms with Gasteiger partial charge in [-0.05, 0) is 16.8 Å². The molecule has 0 aromatic carbocycles. The fourth-order valence-electron chi connectivity index (χ4n) is 1.76. The first-order valence-corrected chi connectivity index (χ1v) is 6.51. The van der Waals surface area contributed by atoms with E-state index in [9.17, 15) is 19.7 Å². The molecule has 0 aliphatic heterocycles. The van der Waals surface area contributed by atoms with Crippen LogP contribution in [0.4, 0.5) is 5.82 Å². The Bertz CT molecular complexity index is 527. The highest BCUT2D eigenvalue weighted by molar-refractivity contribution is 5.77. The van der Waals surface area contributed by atoms with Gasteiger partial charge in [-0.3, -0.25) is 9.59 Å². The van der Waals surface area contributed by atoms with E-state index in [4.69, 9.17) is 5.11 Å². The van der Waals surface area contributed by atoms with Crippen LogP contribution in [-0.4, -0.2) is 49.4 Å². The summed E-state index contributed by atoms with van der Waals surface area (Å²) in [5.41, 5.74) is 0. The second kappa shape index (κ2) is 7.36. The lowest BCUT2D eigenvalue weighted by Gasteiger charge is -2.22. The summed E-state index contributed by atoms with van der Waals surface area (Å²) in [5, 5.41) is 19.3. The van der Waals surface area contributed by atoms with Gasteiger partial charge in [0.1, 0.15) is 6.20 Å². The minimum absolute atomic E-state index is 0.133. The third-order valence-electron chi connectivity index (χ3n) is 3.04. The van der Waals surface area contributed by atoms with Crippen LogP contribution in [0.15, 0.2) is 12.5 Å². The summed E-state index contributed by atoms with van der Waals surface area (Å²) in [6, 6.07) is 0. The van der Waals surface area contributed by atoms with Crippen molar-refractivity contribution < 1.29 is 19.6 Å². The van der Waals surface area contributed by atoms with Crippen molar-refractivity contribution in [3.8, 4) is 0 Å². The summed E-state index contributed by atoms with van der Waals surface area (Å²) in [7, 11) is 0. The number of rotatable bonds is 8. The van der Waals surface area contributed by atoms with Crippen LogP contribution in [0.3, 0.4) is 0 Å². The van der Waals surface area contributed by atoms with E-state index in [1.165, 1.54) is 28.9 Å². The molecular formula is C12H18N4O5. The number of nitrogens with zero attached hydrogens (tertiary/aromatic N) is 4. The number of carbonyl (C=O) groups is 2. The highest BCUT2D eigenvalue weighted by Crippen LogP contribution is 2.08. The molecule has 0 saturated carbocycles. The van der Waals surface area contributed by atoms with Crippen LogP contribution >= 0.6 is 0 Å². The summed E-state index contributed by atoms with van der Waals surface area (Å²) < 4.78 is 1.46. The predicted molar refractivity (Wildman–Crippen MR) is 72.6 cm³/mol. The first-order chi connectivity index (χ1) is 9.85. The molecule has 1 heterocycles. The van der Waals surface area contributed by atoms with Crippen molar-refractivity contribution in [2.45, 2.75) is 26.8 Å². The van der Waals surface area contributed by atoms with Gasteiger partial charge in [0.05, 0.1) is 5.92 Å². The molecule has 9 heteroatoms. The minimum atomic E-state index is -0.952. The van der Waals surface area contributed by atoms with Gasteiger partial charge in [0.15, 0.2) is 0 Å². The number of imidazole rings is 1. The van der Waals surface area contributed by atoms with Crippen molar-refractivity contribution in [3.05, 3.63) is 22.6 Å². The number of hydrogen-bond donors (Lipinski definition) is 1. The lowest BCUT2D eigenvalue weighted by Crippen LogP contribution is -2.37. The summed E-state index contributed by atoms with van der Waals surface area (Å²) >= 11 is 0. The highest BCUT2D eigenvalue weighted by Gasteiger charge is 2.19. The topological polar surface area (TPSA) is 119 Å². The molecule has 0 aliphatic rings. The van der Waals surface area contributed by atoms with Gasteiger partial charge in [0.25, 0.3) is 0 Å². The second-order valence-electron chi connectivity index (χ2n) is 4.65. The summed E-state index contributed by atoms with van der Waals surface area (Å²) in [6.45, 7) is 4.14. The third kappa shape index (κ3) is 4.86. The molecule has 0 radical (unpaired) electrons. The average Bonchev–Trinajstić information content (AvgIpc) is 2.90. The molecule has 0 aliphatic carbocycles. The smallest absolute Gasteiger partial charge is 0.381 e. The van der Waals surface area contributed by atoms with Crippen molar-refractivity contribution in [2.75, 3.05) is 13.1 Å². The Morgan fingerprint density at radius 3 is 2.71 bits per heavy atom. The van der Waals surface area contributed by atoms with Crippen molar-refractivity contribution in [3.63, 3.8) is 0 Å². The third-order valence-corrected chi connectivity index (χ3v) is 3.04. The van der Waals surface area contributed by atoms with Crippen molar-refractivity contribution >= 4 is 17.7 Å². The number of nitro groups is 1. The number of aryl methyl sites for hydroxylation is 1. The van der Waals surface area contributed by atoms with Gasteiger partial charge in [-0.1, -0.05) is 6.92 Å². The van der Waals surface area contributed by atoms with E-state index in [2.05, 4.69) is 4.98 Å². The standard InChI is InChI=1S/C12H18N4O5/c1-3-15(6-9(2)12(18)19)11(17)4-5-14-7-10(13-8-14)16(20)21/h7-9H,3-6H2,1-2H3,(H,18,19). The quantitative estimate of drug-likeness (QED) is 0.558. The summed E-state index contributed by atoms with van der Waals surface area (Å²) in [5.74, 6) is -2.05. The first-order valence-electron chi connectivity index (χ1n) is 6.51. The average molecular weight is 298 g/mol. The monoisotopic (exact) mass is 298 g/mol. The van der Waals surface area contributed by atoms with E-state index >= 15 is 0 Å². The number of hydrogen-bond acceptors (Lipinski definition) is 5. The molecule has 0 saturated heterocycles. The molecule has 1 aromatic heterocycles. The number of carboxylic acid groups (broad SMARTS) is 1. The number of aliphatic carboxylic acids is 1. The van der Waals surface area contributed by atoms with E-state index in [-0.39, 0.29) is 31.2 Å². The van der Waals surface area contributed by atoms with E-state index < -0.39 is 16.8 Å². The van der Waals surface area contributed by atoms with Crippen LogP contribution in [0.2, 0.25) is 0 Å². The summed E-state index contributed by atoms with van der Waals surface area (Å²) in [6.07, 6.45) is 2.68. The molecule has 1 N–H and O–H groups in total. The number of carbonyl (C=O) groups excluding carboxylic acids is 1. The van der Waals surface area contributed by atoms with Crippen molar-refractivity contribution in [2.24, 2.45) is 5.92 Å². The number of carboxylic acids is 1. The molecule has 1 atom stereocenters. The predicted octanol–water partition coefficient (Wildman–Crippen LogP) is 0.751. The zero-order valence-corrected chi connectivity index (χ0v) is 11.9. The first kappa shape index (κ1) is 16.6. The molecular weight excluding hydrogens is 280 g/mol. The van der Waals surface area contributed by atoms with E-state index in [1.807, 2.05) is 0 Å². The lowest BCUT2D eigenvalue weighted by atomic mass is 10.1. The Morgan fingerprint density at radius 2 is 2.24 bits per heavy atom. The van der Waals surface area contributed by atoms with E-state index in [0.29, 0.717) is 6.54 Å². The van der Waals surface area contributed by atoms with Gasteiger partial charge in [-0.2, -0.15) is 0 Å². The molecule has 1 aromatic rings. The molecule has 1 rings (SSSR count). The van der Waals surface area contributed by atoms with Gasteiger partial charge in [0.2, 0.25) is 12.2 Å². The van der Waals surface area contributed by atoms with Crippen LogP contribution in [0.1, 0.15) is 20.3 Å². The largest absolute Gasteiger partial charge is 0.481 e. The Hall–Kier alpha value is -2.45. The Morgan fingerprint density at radius 1 is 1.57 bits per heavy atom. The minimum Gasteiger partial charge on any atom is -0.481 e. The zero-order valence-electron chi connectivity index (χ0n) is 11.9. The number of amides is 1. The van der Waals surface area contributed by atoms with Crippen LogP contribution < -0.4 is 0 Å². The van der Waals surface area contributed by atoms with Crippen LogP contribution in [0, 0.1) is 16.0 Å². The van der Waals surface area contributed by atoms with Gasteiger partial charge in [-0.25, -0.2) is 0 Å². The zero-order chi connectivity index (χ0) is 16.0. The molecule has 116 valence electrons. The Kier molecular flexibility index (Phi) is 5.82. The molecule has 0 bridgehead atoms. The molecule has 9 nitrogen and oxygen atoms in total. The van der Waals surface area contributed by atoms with Gasteiger partial charge < -0.3 is 24.7 Å². The molecule has 0 fully saturated rings. The summed E-state index contributed by atoms with van der Waals surface area (Å²) in [4.78, 5) is 37.8. The molecule has 1 amide bonds. The maximum atomic E-state index is 12.0. The number of aromatic nitrogens is 2. The Labute approximate surface area is 121 Å². The molecule has 0 spiro atoms. The van der Waals surface area contributed by atoms with Crippen LogP contribution in [0.25, 0.3) is 0 Å². The normalized spacial score (nSPS) is 11.9. The van der Waals surface area contributed by atoms with Crippen LogP contribution in [0.5, 0.6) is 0 Å². The molecule has 1 unspecified atom stereocenters. The maximum absolute atomic E-state index is 12.0. The van der Waals surface area contributed by atoms with Crippen molar-refractivity contribution in [1.29, 1.82) is 0 Å². The van der Waals surface area contributed by atoms with E-state index in [0.717, 1.165) is 0 Å². The van der Waals surface area contributed by atoms with Gasteiger partial charge in [0, 0.05) is 26.1 Å². The van der Waals surface area contributed by atoms with Crippen molar-refractivity contribution in [1.82, 2.24) is 14.5 Å².